The number of primary amides is 1. The molecule has 0 aliphatic carbocycles. The van der Waals surface area contributed by atoms with E-state index in [1.807, 2.05) is 18.2 Å². The van der Waals surface area contributed by atoms with Crippen LogP contribution < -0.4 is 11.1 Å². The van der Waals surface area contributed by atoms with E-state index in [0.29, 0.717) is 0 Å². The van der Waals surface area contributed by atoms with Crippen molar-refractivity contribution in [3.8, 4) is 0 Å². The van der Waals surface area contributed by atoms with Gasteiger partial charge in [0.15, 0.2) is 0 Å². The summed E-state index contributed by atoms with van der Waals surface area (Å²) in [4.78, 5) is 10.8. The molecule has 3 nitrogen and oxygen atoms in total. The summed E-state index contributed by atoms with van der Waals surface area (Å²) in [6.07, 6.45) is 2.26. The van der Waals surface area contributed by atoms with Gasteiger partial charge in [0.2, 0.25) is 0 Å². The minimum atomic E-state index is -0.523. The average molecular weight is 220 g/mol. The zero-order valence-corrected chi connectivity index (χ0v) is 10.2. The molecule has 88 valence electrons. The third-order valence-electron chi connectivity index (χ3n) is 2.79. The van der Waals surface area contributed by atoms with Gasteiger partial charge in [-0.05, 0) is 29.5 Å². The van der Waals surface area contributed by atoms with E-state index in [1.54, 1.807) is 0 Å². The first-order valence-corrected chi connectivity index (χ1v) is 5.62. The Morgan fingerprint density at radius 3 is 2.69 bits per heavy atom. The third kappa shape index (κ3) is 3.26. The van der Waals surface area contributed by atoms with Crippen molar-refractivity contribution in [2.75, 3.05) is 5.32 Å². The maximum Gasteiger partial charge on any atom is 0.316 e. The van der Waals surface area contributed by atoms with Gasteiger partial charge in [-0.1, -0.05) is 39.3 Å². The monoisotopic (exact) mass is 220 g/mol. The van der Waals surface area contributed by atoms with Crippen LogP contribution in [0.5, 0.6) is 0 Å². The van der Waals surface area contributed by atoms with Crippen molar-refractivity contribution < 1.29 is 4.79 Å². The molecule has 0 unspecified atom stereocenters. The van der Waals surface area contributed by atoms with Crippen LogP contribution >= 0.6 is 0 Å². The number of benzene rings is 1. The molecular weight excluding hydrogens is 200 g/mol. The second-order valence-electron chi connectivity index (χ2n) is 4.70. The lowest BCUT2D eigenvalue weighted by Crippen LogP contribution is -2.21. The maximum absolute atomic E-state index is 10.8. The second kappa shape index (κ2) is 5.01. The summed E-state index contributed by atoms with van der Waals surface area (Å²) in [5, 5.41) is 2.60. The van der Waals surface area contributed by atoms with E-state index < -0.39 is 6.03 Å². The molecule has 0 fully saturated rings. The summed E-state index contributed by atoms with van der Waals surface area (Å²) >= 11 is 0. The zero-order valence-electron chi connectivity index (χ0n) is 10.2. The molecule has 0 heterocycles. The number of amides is 2. The van der Waals surface area contributed by atoms with Crippen LogP contribution in [-0.4, -0.2) is 6.03 Å². The number of urea groups is 1. The normalized spacial score (nSPS) is 11.2. The first-order chi connectivity index (χ1) is 7.45. The number of rotatable bonds is 4. The lowest BCUT2D eigenvalue weighted by atomic mass is 9.80. The highest BCUT2D eigenvalue weighted by atomic mass is 16.2. The number of carbonyl (C=O) groups excluding carboxylic acids is 1. The Kier molecular flexibility index (Phi) is 3.93. The summed E-state index contributed by atoms with van der Waals surface area (Å²) < 4.78 is 0. The molecule has 1 aromatic rings. The van der Waals surface area contributed by atoms with Crippen LogP contribution in [0.2, 0.25) is 0 Å². The van der Waals surface area contributed by atoms with E-state index in [-0.39, 0.29) is 5.41 Å². The number of nitrogens with two attached hydrogens (primary N) is 1. The summed E-state index contributed by atoms with van der Waals surface area (Å²) in [7, 11) is 0. The quantitative estimate of drug-likeness (QED) is 0.804. The van der Waals surface area contributed by atoms with Gasteiger partial charge in [-0.25, -0.2) is 4.79 Å². The van der Waals surface area contributed by atoms with Gasteiger partial charge < -0.3 is 11.1 Å². The van der Waals surface area contributed by atoms with Crippen molar-refractivity contribution in [3.05, 3.63) is 29.8 Å². The third-order valence-corrected chi connectivity index (χ3v) is 2.79. The topological polar surface area (TPSA) is 55.1 Å². The number of nitrogens with one attached hydrogen (secondary N) is 1. The highest BCUT2D eigenvalue weighted by molar-refractivity contribution is 5.87. The fourth-order valence-corrected chi connectivity index (χ4v) is 1.93. The largest absolute Gasteiger partial charge is 0.351 e. The molecule has 0 atom stereocenters. The molecule has 0 bridgehead atoms. The van der Waals surface area contributed by atoms with Gasteiger partial charge in [-0.2, -0.15) is 0 Å². The zero-order chi connectivity index (χ0) is 12.2. The summed E-state index contributed by atoms with van der Waals surface area (Å²) in [6.45, 7) is 6.59. The molecule has 1 rings (SSSR count). The molecule has 0 radical (unpaired) electrons. The molecule has 0 saturated carbocycles. The molecule has 1 aromatic carbocycles. The molecular formula is C13H20N2O. The van der Waals surface area contributed by atoms with Gasteiger partial charge in [0.25, 0.3) is 0 Å². The minimum Gasteiger partial charge on any atom is -0.351 e. The number of hydrogen-bond donors (Lipinski definition) is 2. The smallest absolute Gasteiger partial charge is 0.316 e. The van der Waals surface area contributed by atoms with Crippen LogP contribution in [0.25, 0.3) is 0 Å². The molecule has 0 aliphatic heterocycles. The fraction of sp³-hybridized carbons (Fsp3) is 0.462. The van der Waals surface area contributed by atoms with Crippen LogP contribution in [0.1, 0.15) is 39.2 Å². The van der Waals surface area contributed by atoms with E-state index in [9.17, 15) is 4.79 Å². The molecule has 3 heteroatoms. The van der Waals surface area contributed by atoms with Gasteiger partial charge in [-0.3, -0.25) is 0 Å². The lowest BCUT2D eigenvalue weighted by Gasteiger charge is -2.25. The molecule has 3 N–H and O–H groups in total. The van der Waals surface area contributed by atoms with E-state index in [4.69, 9.17) is 5.73 Å². The van der Waals surface area contributed by atoms with Crippen LogP contribution in [0.15, 0.2) is 24.3 Å². The van der Waals surface area contributed by atoms with Crippen LogP contribution in [-0.2, 0) is 5.41 Å². The SMILES string of the molecule is CCCC(C)(C)c1cccc(NC(N)=O)c1. The molecule has 16 heavy (non-hydrogen) atoms. The first kappa shape index (κ1) is 12.6. The van der Waals surface area contributed by atoms with Crippen molar-refractivity contribution >= 4 is 11.7 Å². The number of hydrogen-bond acceptors (Lipinski definition) is 1. The van der Waals surface area contributed by atoms with E-state index in [2.05, 4.69) is 32.2 Å². The number of anilines is 1. The van der Waals surface area contributed by atoms with Crippen LogP contribution in [0, 0.1) is 0 Å². The predicted molar refractivity (Wildman–Crippen MR) is 67.6 cm³/mol. The first-order valence-electron chi connectivity index (χ1n) is 5.62. The van der Waals surface area contributed by atoms with Gasteiger partial charge in [0.1, 0.15) is 0 Å². The molecule has 0 aromatic heterocycles. The molecule has 2 amide bonds. The highest BCUT2D eigenvalue weighted by Gasteiger charge is 2.19. The minimum absolute atomic E-state index is 0.129. The fourth-order valence-electron chi connectivity index (χ4n) is 1.93. The maximum atomic E-state index is 10.8. The Morgan fingerprint density at radius 1 is 1.44 bits per heavy atom. The van der Waals surface area contributed by atoms with Gasteiger partial charge in [0, 0.05) is 5.69 Å². The summed E-state index contributed by atoms with van der Waals surface area (Å²) in [6, 6.07) is 7.33. The van der Waals surface area contributed by atoms with Crippen LogP contribution in [0.4, 0.5) is 10.5 Å². The van der Waals surface area contributed by atoms with E-state index >= 15 is 0 Å². The Hall–Kier alpha value is -1.51. The number of carbonyl (C=O) groups is 1. The lowest BCUT2D eigenvalue weighted by molar-refractivity contribution is 0.259. The van der Waals surface area contributed by atoms with Gasteiger partial charge in [0.05, 0.1) is 0 Å². The molecule has 0 spiro atoms. The van der Waals surface area contributed by atoms with Crippen molar-refractivity contribution in [2.24, 2.45) is 5.73 Å². The molecule has 0 saturated heterocycles. The second-order valence-corrected chi connectivity index (χ2v) is 4.70. The van der Waals surface area contributed by atoms with Crippen molar-refractivity contribution in [1.29, 1.82) is 0 Å². The van der Waals surface area contributed by atoms with Crippen molar-refractivity contribution in [2.45, 2.75) is 39.0 Å². The Balaban J connectivity index is 2.93. The van der Waals surface area contributed by atoms with Crippen molar-refractivity contribution in [1.82, 2.24) is 0 Å². The Bertz CT molecular complexity index is 372. The summed E-state index contributed by atoms with van der Waals surface area (Å²) in [5.74, 6) is 0. The average Bonchev–Trinajstić information content (AvgIpc) is 2.17. The Labute approximate surface area is 97.0 Å². The highest BCUT2D eigenvalue weighted by Crippen LogP contribution is 2.29. The molecule has 0 aliphatic rings. The Morgan fingerprint density at radius 2 is 2.12 bits per heavy atom. The summed E-state index contributed by atoms with van der Waals surface area (Å²) in [5.41, 5.74) is 7.20. The van der Waals surface area contributed by atoms with Crippen molar-refractivity contribution in [3.63, 3.8) is 0 Å². The van der Waals surface area contributed by atoms with Gasteiger partial charge >= 0.3 is 6.03 Å². The van der Waals surface area contributed by atoms with Crippen LogP contribution in [0.3, 0.4) is 0 Å². The van der Waals surface area contributed by atoms with E-state index in [1.165, 1.54) is 5.56 Å². The van der Waals surface area contributed by atoms with E-state index in [0.717, 1.165) is 18.5 Å². The standard InChI is InChI=1S/C13H20N2O/c1-4-8-13(2,3)10-6-5-7-11(9-10)15-12(14)16/h5-7,9H,4,8H2,1-3H3,(H3,14,15,16). The predicted octanol–water partition coefficient (Wildman–Crippen LogP) is 3.25. The van der Waals surface area contributed by atoms with Gasteiger partial charge in [-0.15, -0.1) is 0 Å².